The molecular weight excluding hydrogens is 296 g/mol. The Kier molecular flexibility index (Phi) is 3.91. The molecule has 0 bridgehead atoms. The highest BCUT2D eigenvalue weighted by Gasteiger charge is 2.17. The molecule has 0 aliphatic heterocycles. The molecule has 6 nitrogen and oxygen atoms in total. The summed E-state index contributed by atoms with van der Waals surface area (Å²) in [6.45, 7) is 0. The summed E-state index contributed by atoms with van der Waals surface area (Å²) in [6, 6.07) is 14.9. The maximum Gasteiger partial charge on any atom is 0.326 e. The predicted molar refractivity (Wildman–Crippen MR) is 85.6 cm³/mol. The molecule has 118 valence electrons. The zero-order valence-electron chi connectivity index (χ0n) is 12.4. The first-order valence-corrected chi connectivity index (χ1v) is 7.02. The van der Waals surface area contributed by atoms with Gasteiger partial charge < -0.3 is 19.9 Å². The van der Waals surface area contributed by atoms with Crippen LogP contribution in [-0.2, 0) is 0 Å². The number of benzene rings is 2. The third kappa shape index (κ3) is 2.97. The van der Waals surface area contributed by atoms with E-state index < -0.39 is 11.8 Å². The summed E-state index contributed by atoms with van der Waals surface area (Å²) in [7, 11) is 1.62. The second-order valence-corrected chi connectivity index (χ2v) is 5.09. The number of hydrogen-bond donors (Lipinski definition) is 4. The minimum absolute atomic E-state index is 0.0483. The van der Waals surface area contributed by atoms with Crippen molar-refractivity contribution in [2.24, 2.45) is 0 Å². The van der Waals surface area contributed by atoms with Gasteiger partial charge in [-0.05, 0) is 28.8 Å². The first-order chi connectivity index (χ1) is 11.1. The maximum atomic E-state index is 11.1. The Morgan fingerprint density at radius 3 is 2.00 bits per heavy atom. The lowest BCUT2D eigenvalue weighted by molar-refractivity contribution is 0.210. The van der Waals surface area contributed by atoms with Gasteiger partial charge in [0.1, 0.15) is 17.5 Å². The van der Waals surface area contributed by atoms with Gasteiger partial charge in [-0.25, -0.2) is 4.79 Å². The van der Waals surface area contributed by atoms with Crippen molar-refractivity contribution in [2.75, 3.05) is 7.11 Å². The Bertz CT molecular complexity index is 848. The molecule has 2 aromatic carbocycles. The Morgan fingerprint density at radius 1 is 0.957 bits per heavy atom. The van der Waals surface area contributed by atoms with Crippen molar-refractivity contribution in [1.29, 1.82) is 0 Å². The lowest BCUT2D eigenvalue weighted by atomic mass is 10.0. The molecule has 0 spiro atoms. The molecule has 0 aliphatic carbocycles. The topological polar surface area (TPSA) is 98.3 Å². The van der Waals surface area contributed by atoms with Gasteiger partial charge in [-0.1, -0.05) is 36.4 Å². The molecule has 3 aromatic rings. The van der Waals surface area contributed by atoms with Crippen LogP contribution in [0.25, 0.3) is 11.1 Å². The summed E-state index contributed by atoms with van der Waals surface area (Å²) in [5.74, 6) is 0.425. The molecule has 1 aromatic heterocycles. The number of methoxy groups -OCH3 is 1. The van der Waals surface area contributed by atoms with Crippen LogP contribution >= 0.6 is 0 Å². The number of ether oxygens (including phenoxy) is 1. The molecule has 3 rings (SSSR count). The van der Waals surface area contributed by atoms with Gasteiger partial charge in [0.15, 0.2) is 0 Å². The van der Waals surface area contributed by atoms with Crippen LogP contribution < -0.4 is 10.4 Å². The number of nitrogens with one attached hydrogen (secondary N) is 2. The summed E-state index contributed by atoms with van der Waals surface area (Å²) in [6.07, 6.45) is -1.11. The van der Waals surface area contributed by atoms with Crippen molar-refractivity contribution >= 4 is 0 Å². The fourth-order valence-corrected chi connectivity index (χ4v) is 2.39. The van der Waals surface area contributed by atoms with E-state index in [1.807, 2.05) is 36.4 Å². The SMILES string of the molecule is COc1ccc(-c2ccc(C(O)c3[nH]c(=O)[nH]c3O)cc2)cc1. The average molecular weight is 312 g/mol. The molecular formula is C17H16N2O4. The van der Waals surface area contributed by atoms with Crippen LogP contribution in [0.2, 0.25) is 0 Å². The number of aromatic hydroxyl groups is 1. The Labute approximate surface area is 132 Å². The predicted octanol–water partition coefficient (Wildman–Crippen LogP) is 2.17. The van der Waals surface area contributed by atoms with E-state index in [2.05, 4.69) is 9.97 Å². The van der Waals surface area contributed by atoms with Crippen LogP contribution in [0.4, 0.5) is 0 Å². The van der Waals surface area contributed by atoms with Crippen molar-refractivity contribution < 1.29 is 14.9 Å². The van der Waals surface area contributed by atoms with Crippen molar-refractivity contribution in [3.8, 4) is 22.8 Å². The van der Waals surface area contributed by atoms with Gasteiger partial charge in [0.05, 0.1) is 7.11 Å². The van der Waals surface area contributed by atoms with E-state index in [1.165, 1.54) is 0 Å². The minimum atomic E-state index is -1.11. The van der Waals surface area contributed by atoms with Crippen LogP contribution in [0.3, 0.4) is 0 Å². The number of hydrogen-bond acceptors (Lipinski definition) is 4. The van der Waals surface area contributed by atoms with E-state index >= 15 is 0 Å². The first kappa shape index (κ1) is 14.9. The number of aromatic nitrogens is 2. The van der Waals surface area contributed by atoms with Crippen LogP contribution in [0.5, 0.6) is 11.6 Å². The maximum absolute atomic E-state index is 11.1. The standard InChI is InChI=1S/C17H16N2O4/c1-23-13-8-6-11(7-9-13)10-2-4-12(5-3-10)15(20)14-16(21)19-17(22)18-14/h2-9,15,20-21H,1H3,(H2,18,19,22). The highest BCUT2D eigenvalue weighted by atomic mass is 16.5. The number of imidazole rings is 1. The molecule has 0 saturated heterocycles. The number of rotatable bonds is 4. The average Bonchev–Trinajstić information content (AvgIpc) is 2.93. The Hall–Kier alpha value is -2.99. The van der Waals surface area contributed by atoms with Gasteiger partial charge in [-0.3, -0.25) is 4.98 Å². The second-order valence-electron chi connectivity index (χ2n) is 5.09. The van der Waals surface area contributed by atoms with E-state index in [4.69, 9.17) is 4.74 Å². The van der Waals surface area contributed by atoms with Crippen molar-refractivity contribution in [3.05, 3.63) is 70.3 Å². The van der Waals surface area contributed by atoms with Gasteiger partial charge in [-0.15, -0.1) is 0 Å². The van der Waals surface area contributed by atoms with E-state index in [1.54, 1.807) is 19.2 Å². The molecule has 1 atom stereocenters. The lowest BCUT2D eigenvalue weighted by Gasteiger charge is -2.10. The van der Waals surface area contributed by atoms with E-state index in [0.29, 0.717) is 5.56 Å². The molecule has 1 unspecified atom stereocenters. The molecule has 6 heteroatoms. The summed E-state index contributed by atoms with van der Waals surface area (Å²) in [4.78, 5) is 15.7. The summed E-state index contributed by atoms with van der Waals surface area (Å²) in [5.41, 5.74) is 2.05. The van der Waals surface area contributed by atoms with E-state index in [0.717, 1.165) is 16.9 Å². The zero-order valence-corrected chi connectivity index (χ0v) is 12.4. The van der Waals surface area contributed by atoms with Crippen molar-refractivity contribution in [1.82, 2.24) is 9.97 Å². The summed E-state index contributed by atoms with van der Waals surface area (Å²) >= 11 is 0. The lowest BCUT2D eigenvalue weighted by Crippen LogP contribution is -2.05. The molecule has 0 saturated carbocycles. The van der Waals surface area contributed by atoms with Crippen LogP contribution in [0.1, 0.15) is 17.4 Å². The van der Waals surface area contributed by atoms with Crippen LogP contribution in [0, 0.1) is 0 Å². The monoisotopic (exact) mass is 312 g/mol. The molecule has 23 heavy (non-hydrogen) atoms. The van der Waals surface area contributed by atoms with Crippen molar-refractivity contribution in [2.45, 2.75) is 6.10 Å². The Morgan fingerprint density at radius 2 is 1.52 bits per heavy atom. The van der Waals surface area contributed by atoms with E-state index in [9.17, 15) is 15.0 Å². The number of aromatic amines is 2. The summed E-state index contributed by atoms with van der Waals surface area (Å²) in [5, 5.41) is 19.8. The first-order valence-electron chi connectivity index (χ1n) is 7.02. The molecule has 0 fully saturated rings. The minimum Gasteiger partial charge on any atom is -0.497 e. The molecule has 0 amide bonds. The van der Waals surface area contributed by atoms with Gasteiger partial charge in [0.25, 0.3) is 0 Å². The molecule has 1 heterocycles. The number of aliphatic hydroxyl groups is 1. The van der Waals surface area contributed by atoms with Gasteiger partial charge >= 0.3 is 5.69 Å². The molecule has 0 aliphatic rings. The van der Waals surface area contributed by atoms with Gasteiger partial charge in [-0.2, -0.15) is 0 Å². The summed E-state index contributed by atoms with van der Waals surface area (Å²) < 4.78 is 5.13. The highest BCUT2D eigenvalue weighted by Crippen LogP contribution is 2.28. The smallest absolute Gasteiger partial charge is 0.326 e. The third-order valence-corrected chi connectivity index (χ3v) is 3.66. The van der Waals surface area contributed by atoms with Crippen LogP contribution in [-0.4, -0.2) is 27.3 Å². The normalized spacial score (nSPS) is 12.1. The van der Waals surface area contributed by atoms with Crippen LogP contribution in [0.15, 0.2) is 53.3 Å². The quantitative estimate of drug-likeness (QED) is 0.593. The largest absolute Gasteiger partial charge is 0.497 e. The fourth-order valence-electron chi connectivity index (χ4n) is 2.39. The Balaban J connectivity index is 1.86. The highest BCUT2D eigenvalue weighted by molar-refractivity contribution is 5.64. The second kappa shape index (κ2) is 6.02. The third-order valence-electron chi connectivity index (χ3n) is 3.66. The molecule has 0 radical (unpaired) electrons. The number of H-pyrrole nitrogens is 2. The van der Waals surface area contributed by atoms with Gasteiger partial charge in [0.2, 0.25) is 5.88 Å². The van der Waals surface area contributed by atoms with E-state index in [-0.39, 0.29) is 11.6 Å². The van der Waals surface area contributed by atoms with Crippen molar-refractivity contribution in [3.63, 3.8) is 0 Å². The molecule has 4 N–H and O–H groups in total. The zero-order chi connectivity index (χ0) is 16.4. The fraction of sp³-hybridized carbons (Fsp3) is 0.118. The van der Waals surface area contributed by atoms with Gasteiger partial charge in [0, 0.05) is 0 Å². The number of aliphatic hydroxyl groups excluding tert-OH is 1.